The van der Waals surface area contributed by atoms with Crippen molar-refractivity contribution in [3.63, 3.8) is 0 Å². The highest BCUT2D eigenvalue weighted by Crippen LogP contribution is 2.37. The van der Waals surface area contributed by atoms with E-state index in [1.807, 2.05) is 30.3 Å². The molecule has 0 spiro atoms. The van der Waals surface area contributed by atoms with Gasteiger partial charge in [-0.25, -0.2) is 12.8 Å². The molecule has 3 atom stereocenters. The third-order valence-corrected chi connectivity index (χ3v) is 8.64. The Kier molecular flexibility index (Phi) is 5.92. The van der Waals surface area contributed by atoms with Crippen LogP contribution >= 0.6 is 11.3 Å². The van der Waals surface area contributed by atoms with Crippen LogP contribution in [-0.2, 0) is 16.4 Å². The van der Waals surface area contributed by atoms with Crippen LogP contribution in [0.3, 0.4) is 0 Å². The number of nitrogens with one attached hydrogen (secondary N) is 1. The van der Waals surface area contributed by atoms with Crippen LogP contribution < -0.4 is 10.1 Å². The highest BCUT2D eigenvalue weighted by Gasteiger charge is 2.44. The first-order chi connectivity index (χ1) is 15.4. The van der Waals surface area contributed by atoms with Crippen LogP contribution in [0.2, 0.25) is 0 Å². The van der Waals surface area contributed by atoms with Crippen LogP contribution in [0, 0.1) is 5.82 Å². The lowest BCUT2D eigenvalue weighted by molar-refractivity contribution is 0.208. The predicted molar refractivity (Wildman–Crippen MR) is 124 cm³/mol. The average Bonchev–Trinajstić information content (AvgIpc) is 3.28. The van der Waals surface area contributed by atoms with E-state index in [1.165, 1.54) is 29.2 Å². The molecule has 1 N–H and O–H groups in total. The van der Waals surface area contributed by atoms with Crippen LogP contribution in [0.5, 0.6) is 10.9 Å². The van der Waals surface area contributed by atoms with Gasteiger partial charge in [-0.3, -0.25) is 0 Å². The minimum atomic E-state index is -3.11. The molecular weight excluding hydrogens is 449 g/mol. The van der Waals surface area contributed by atoms with Gasteiger partial charge in [0.05, 0.1) is 11.0 Å². The molecule has 2 saturated heterocycles. The first kappa shape index (κ1) is 21.8. The maximum absolute atomic E-state index is 13.8. The van der Waals surface area contributed by atoms with E-state index >= 15 is 0 Å². The Balaban J connectivity index is 1.13. The molecular formula is C23H26FN3O3S2. The van der Waals surface area contributed by atoms with E-state index in [9.17, 15) is 12.8 Å². The highest BCUT2D eigenvalue weighted by molar-refractivity contribution is 7.88. The molecule has 2 aromatic carbocycles. The van der Waals surface area contributed by atoms with Crippen LogP contribution in [0.4, 0.5) is 4.39 Å². The number of rotatable bonds is 7. The Hall–Kier alpha value is -2.07. The van der Waals surface area contributed by atoms with E-state index < -0.39 is 10.0 Å². The molecule has 1 unspecified atom stereocenters. The van der Waals surface area contributed by atoms with Crippen molar-refractivity contribution in [1.29, 1.82) is 0 Å². The zero-order chi connectivity index (χ0) is 22.3. The molecule has 0 aliphatic carbocycles. The van der Waals surface area contributed by atoms with Crippen molar-refractivity contribution in [2.24, 2.45) is 0 Å². The Morgan fingerprint density at radius 3 is 2.53 bits per heavy atom. The quantitative estimate of drug-likeness (QED) is 0.551. The summed E-state index contributed by atoms with van der Waals surface area (Å²) in [5.41, 5.74) is 1.53. The molecule has 2 bridgehead atoms. The van der Waals surface area contributed by atoms with Crippen LogP contribution in [0.15, 0.2) is 42.5 Å². The van der Waals surface area contributed by atoms with E-state index in [0.29, 0.717) is 22.5 Å². The molecule has 0 saturated carbocycles. The SMILES string of the molecule is CS(=O)(=O)N1[C@@H]2CC[C@H]1CC(NCCc1ccc(Oc3nc4c(F)cccc4s3)cc1)C2. The van der Waals surface area contributed by atoms with Gasteiger partial charge in [0, 0.05) is 18.1 Å². The van der Waals surface area contributed by atoms with Gasteiger partial charge >= 0.3 is 0 Å². The fourth-order valence-corrected chi connectivity index (χ4v) is 7.34. The van der Waals surface area contributed by atoms with Gasteiger partial charge in [0.1, 0.15) is 17.1 Å². The molecule has 0 radical (unpaired) electrons. The molecule has 0 amide bonds. The van der Waals surface area contributed by atoms with Gasteiger partial charge in [-0.05, 0) is 68.5 Å². The second-order valence-corrected chi connectivity index (χ2v) is 11.5. The average molecular weight is 476 g/mol. The molecule has 2 aliphatic heterocycles. The molecule has 5 rings (SSSR count). The number of fused-ring (bicyclic) bond motifs is 3. The summed E-state index contributed by atoms with van der Waals surface area (Å²) >= 11 is 1.32. The number of benzene rings is 2. The van der Waals surface area contributed by atoms with E-state index in [-0.39, 0.29) is 17.9 Å². The van der Waals surface area contributed by atoms with Crippen molar-refractivity contribution in [2.45, 2.75) is 50.2 Å². The second-order valence-electron chi connectivity index (χ2n) is 8.66. The summed E-state index contributed by atoms with van der Waals surface area (Å²) in [7, 11) is -3.11. The standard InChI is InChI=1S/C23H26FN3O3S2/c1-32(28,29)27-17-7-8-18(27)14-16(13-17)25-12-11-15-5-9-19(10-6-15)30-23-26-22-20(24)3-2-4-21(22)31-23/h2-6,9-10,16-18,25H,7-8,11-14H2,1H3/t16?,17-,18+. The molecule has 3 aromatic rings. The van der Waals surface area contributed by atoms with E-state index in [2.05, 4.69) is 10.3 Å². The third kappa shape index (κ3) is 4.52. The Morgan fingerprint density at radius 1 is 1.16 bits per heavy atom. The molecule has 2 aliphatic rings. The van der Waals surface area contributed by atoms with Gasteiger partial charge < -0.3 is 10.1 Å². The van der Waals surface area contributed by atoms with Gasteiger partial charge in [-0.1, -0.05) is 29.5 Å². The van der Waals surface area contributed by atoms with Crippen molar-refractivity contribution in [1.82, 2.24) is 14.6 Å². The van der Waals surface area contributed by atoms with Crippen LogP contribution in [-0.4, -0.2) is 48.6 Å². The number of halogens is 1. The number of para-hydroxylation sites is 1. The van der Waals surface area contributed by atoms with Crippen molar-refractivity contribution in [2.75, 3.05) is 12.8 Å². The number of thiazole rings is 1. The first-order valence-corrected chi connectivity index (χ1v) is 13.6. The lowest BCUT2D eigenvalue weighted by Crippen LogP contribution is -2.51. The lowest BCUT2D eigenvalue weighted by atomic mass is 9.99. The number of sulfonamides is 1. The fourth-order valence-electron chi connectivity index (χ4n) is 5.03. The number of ether oxygens (including phenoxy) is 1. The number of nitrogens with zero attached hydrogens (tertiary/aromatic N) is 2. The van der Waals surface area contributed by atoms with Crippen molar-refractivity contribution >= 4 is 31.6 Å². The first-order valence-electron chi connectivity index (χ1n) is 10.9. The summed E-state index contributed by atoms with van der Waals surface area (Å²) < 4.78 is 46.2. The smallest absolute Gasteiger partial charge is 0.279 e. The minimum Gasteiger partial charge on any atom is -0.431 e. The van der Waals surface area contributed by atoms with E-state index in [1.54, 1.807) is 10.4 Å². The van der Waals surface area contributed by atoms with Gasteiger partial charge in [0.2, 0.25) is 10.0 Å². The molecule has 170 valence electrons. The van der Waals surface area contributed by atoms with Gasteiger partial charge in [0.25, 0.3) is 5.19 Å². The van der Waals surface area contributed by atoms with Crippen molar-refractivity contribution < 1.29 is 17.5 Å². The number of piperidine rings is 1. The summed E-state index contributed by atoms with van der Waals surface area (Å²) in [4.78, 5) is 4.24. The van der Waals surface area contributed by atoms with Crippen LogP contribution in [0.25, 0.3) is 10.2 Å². The Bertz CT molecular complexity index is 1200. The summed E-state index contributed by atoms with van der Waals surface area (Å²) in [6, 6.07) is 13.4. The number of hydrogen-bond acceptors (Lipinski definition) is 6. The predicted octanol–water partition coefficient (Wildman–Crippen LogP) is 4.31. The number of hydrogen-bond donors (Lipinski definition) is 1. The summed E-state index contributed by atoms with van der Waals surface area (Å²) in [5.74, 6) is 0.331. The van der Waals surface area contributed by atoms with Crippen LogP contribution in [0.1, 0.15) is 31.2 Å². The second kappa shape index (κ2) is 8.70. The van der Waals surface area contributed by atoms with Gasteiger partial charge in [-0.2, -0.15) is 9.29 Å². The zero-order valence-electron chi connectivity index (χ0n) is 17.8. The van der Waals surface area contributed by atoms with Crippen molar-refractivity contribution in [3.8, 4) is 10.9 Å². The fraction of sp³-hybridized carbons (Fsp3) is 0.435. The minimum absolute atomic E-state index is 0.147. The molecule has 1 aromatic heterocycles. The summed E-state index contributed by atoms with van der Waals surface area (Å²) in [6.07, 6.45) is 5.93. The topological polar surface area (TPSA) is 71.5 Å². The maximum atomic E-state index is 13.8. The normalized spacial score (nSPS) is 23.6. The largest absolute Gasteiger partial charge is 0.431 e. The van der Waals surface area contributed by atoms with Gasteiger partial charge in [-0.15, -0.1) is 0 Å². The highest BCUT2D eigenvalue weighted by atomic mass is 32.2. The van der Waals surface area contributed by atoms with Gasteiger partial charge in [0.15, 0.2) is 0 Å². The molecule has 9 heteroatoms. The number of aromatic nitrogens is 1. The molecule has 2 fully saturated rings. The van der Waals surface area contributed by atoms with E-state index in [4.69, 9.17) is 4.74 Å². The molecule has 6 nitrogen and oxygen atoms in total. The third-order valence-electron chi connectivity index (χ3n) is 6.37. The summed E-state index contributed by atoms with van der Waals surface area (Å²) in [5, 5.41) is 4.05. The Labute approximate surface area is 191 Å². The monoisotopic (exact) mass is 475 g/mol. The zero-order valence-corrected chi connectivity index (χ0v) is 19.5. The maximum Gasteiger partial charge on any atom is 0.279 e. The summed E-state index contributed by atoms with van der Waals surface area (Å²) in [6.45, 7) is 0.848. The molecule has 32 heavy (non-hydrogen) atoms. The Morgan fingerprint density at radius 2 is 1.88 bits per heavy atom. The van der Waals surface area contributed by atoms with Crippen molar-refractivity contribution in [3.05, 3.63) is 53.8 Å². The van der Waals surface area contributed by atoms with E-state index in [0.717, 1.165) is 43.3 Å². The molecule has 3 heterocycles. The lowest BCUT2D eigenvalue weighted by Gasteiger charge is -2.37.